The van der Waals surface area contributed by atoms with Crippen molar-refractivity contribution in [2.45, 2.75) is 176 Å². The zero-order valence-corrected chi connectivity index (χ0v) is 41.0. The quantitative estimate of drug-likeness (QED) is 0.176. The monoisotopic (exact) mass is 1020 g/mol. The first kappa shape index (κ1) is 60.2. The molecule has 0 radical (unpaired) electrons. The van der Waals surface area contributed by atoms with Crippen LogP contribution in [0, 0.1) is 17.8 Å². The molecule has 1 aromatic heterocycles. The van der Waals surface area contributed by atoms with E-state index in [2.05, 4.69) is 10.3 Å². The number of nitrogens with two attached hydrogens (primary N) is 1. The van der Waals surface area contributed by atoms with Crippen LogP contribution in [-0.2, 0) is 35.1 Å². The van der Waals surface area contributed by atoms with Crippen molar-refractivity contribution >= 4 is 11.9 Å². The number of nitrogens with one attached hydrogen (secondary N) is 1. The molecule has 19 atom stereocenters. The summed E-state index contributed by atoms with van der Waals surface area (Å²) in [6, 6.07) is 2.01. The predicted octanol–water partition coefficient (Wildman–Crippen LogP) is 0.268. The molecule has 1 unspecified atom stereocenters. The number of hydrogen-bond acceptors (Lipinski definition) is 19. The summed E-state index contributed by atoms with van der Waals surface area (Å²) in [5.74, 6) is -5.86. The van der Waals surface area contributed by atoms with Gasteiger partial charge in [0.25, 0.3) is 0 Å². The van der Waals surface area contributed by atoms with Crippen LogP contribution in [0.1, 0.15) is 77.7 Å². The van der Waals surface area contributed by atoms with Crippen LogP contribution in [-0.4, -0.2) is 171 Å². The van der Waals surface area contributed by atoms with Gasteiger partial charge in [0.1, 0.15) is 18.3 Å². The predicted molar refractivity (Wildman–Crippen MR) is 262 cm³/mol. The molecule has 0 spiro atoms. The fraction of sp³-hybridized carbons (Fsp3) is 0.596. The second-order valence-corrected chi connectivity index (χ2v) is 19.0. The number of amides is 1. The third-order valence-electron chi connectivity index (χ3n) is 13.0. The molecule has 4 heterocycles. The molecule has 4 rings (SSSR count). The van der Waals surface area contributed by atoms with E-state index < -0.39 is 147 Å². The fourth-order valence-corrected chi connectivity index (χ4v) is 8.60. The molecule has 0 aliphatic carbocycles. The Morgan fingerprint density at radius 2 is 1.38 bits per heavy atom. The van der Waals surface area contributed by atoms with Crippen molar-refractivity contribution in [2.24, 2.45) is 23.5 Å². The van der Waals surface area contributed by atoms with Gasteiger partial charge >= 0.3 is 5.97 Å². The lowest BCUT2D eigenvalue weighted by molar-refractivity contribution is -0.331. The first-order valence-electron chi connectivity index (χ1n) is 24.5. The number of ether oxygens (including phenoxy) is 4. The van der Waals surface area contributed by atoms with Crippen LogP contribution < -0.4 is 11.1 Å². The van der Waals surface area contributed by atoms with Crippen LogP contribution in [0.5, 0.6) is 0 Å². The Labute approximate surface area is 420 Å². The Balaban J connectivity index is 1.61. The number of carbonyl (C=O) groups excluding carboxylic acids is 2. The van der Waals surface area contributed by atoms with E-state index in [1.54, 1.807) is 105 Å². The number of fused-ring (bicyclic) bond motifs is 2. The number of nitrogens with zero attached hydrogens (tertiary/aromatic N) is 1. The van der Waals surface area contributed by atoms with Crippen molar-refractivity contribution in [3.63, 3.8) is 0 Å². The lowest BCUT2D eigenvalue weighted by Crippen LogP contribution is -2.62. The van der Waals surface area contributed by atoms with Gasteiger partial charge < -0.3 is 86.2 Å². The number of cyclic esters (lactones) is 1. The average molecular weight is 1020 g/mol. The van der Waals surface area contributed by atoms with E-state index >= 15 is 0 Å². The summed E-state index contributed by atoms with van der Waals surface area (Å²) in [5, 5.41) is 123. The number of carbonyl (C=O) groups is 2. The number of rotatable bonds is 5. The topological polar surface area (TPSA) is 345 Å². The summed E-state index contributed by atoms with van der Waals surface area (Å²) in [6.45, 7) is 5.23. The molecular weight excluding hydrogens is 939 g/mol. The second-order valence-electron chi connectivity index (χ2n) is 19.0. The molecule has 2 fully saturated rings. The van der Waals surface area contributed by atoms with Gasteiger partial charge in [-0.05, 0) is 37.8 Å². The van der Waals surface area contributed by atoms with Crippen LogP contribution in [0.3, 0.4) is 0 Å². The van der Waals surface area contributed by atoms with Crippen LogP contribution in [0.15, 0.2) is 110 Å². The van der Waals surface area contributed by atoms with Gasteiger partial charge in [0.2, 0.25) is 5.91 Å². The van der Waals surface area contributed by atoms with Gasteiger partial charge in [0.15, 0.2) is 18.4 Å². The van der Waals surface area contributed by atoms with E-state index in [0.717, 1.165) is 0 Å². The summed E-state index contributed by atoms with van der Waals surface area (Å²) in [4.78, 5) is 30.7. The molecular formula is C52H77N3O17. The Morgan fingerprint density at radius 3 is 2.00 bits per heavy atom. The number of pyridine rings is 1. The normalized spacial score (nSPS) is 42.1. The van der Waals surface area contributed by atoms with Crippen molar-refractivity contribution < 1.29 is 84.7 Å². The third kappa shape index (κ3) is 19.8. The summed E-state index contributed by atoms with van der Waals surface area (Å²) in [5.41, 5.74) is 6.60. The lowest BCUT2D eigenvalue weighted by Gasteiger charge is -2.46. The minimum atomic E-state index is -2.33. The number of aliphatic hydroxyl groups excluding tert-OH is 10. The van der Waals surface area contributed by atoms with Crippen LogP contribution in [0.25, 0.3) is 0 Å². The standard InChI is InChI=1S/C52H77N3O17/c1-31-17-14-12-10-8-6-4-5-7-9-11-13-15-19-38(70-51-48(65)45(53)47(64)50(67)71-51)26-42-44(49(66)55-30-34-18-16-22-54-29-34)41(61)28-52(68,72-42)27-37(58)24-40(60)39(59)21-20-35(56)23-36(57)25-43(62)69-33(3)32(2)46(31)63/h4-19,22,29,31-33,35-42,44-48,50-51,56-61,63-65,67-68H,20-21,23-28,30,53H2,1-3H3,(H,55,66)/b5-4+,8-6+,9-7+,12-10+,13-11+,17-14+,19-15+/t31-,32-,33-,35+,36+,37-,38-,39+,40+,41-,42-,44+,45-,46+,47-,48-,50-,51?,52+/m0/s1. The van der Waals surface area contributed by atoms with Crippen molar-refractivity contribution in [2.75, 3.05) is 0 Å². The summed E-state index contributed by atoms with van der Waals surface area (Å²) in [6.07, 6.45) is 4.78. The molecule has 2 bridgehead atoms. The summed E-state index contributed by atoms with van der Waals surface area (Å²) < 4.78 is 23.1. The molecule has 0 saturated carbocycles. The first-order chi connectivity index (χ1) is 34.2. The highest BCUT2D eigenvalue weighted by Gasteiger charge is 2.51. The minimum absolute atomic E-state index is 0.0150. The van der Waals surface area contributed by atoms with Crippen molar-refractivity contribution in [1.82, 2.24) is 10.3 Å². The van der Waals surface area contributed by atoms with E-state index in [-0.39, 0.29) is 38.1 Å². The molecule has 20 heteroatoms. The number of aromatic nitrogens is 1. The maximum Gasteiger partial charge on any atom is 0.308 e. The average Bonchev–Trinajstić information content (AvgIpc) is 3.32. The second kappa shape index (κ2) is 30.1. The molecule has 3 aliphatic rings. The van der Waals surface area contributed by atoms with Crippen molar-refractivity contribution in [3.8, 4) is 0 Å². The van der Waals surface area contributed by atoms with Gasteiger partial charge in [-0.2, -0.15) is 0 Å². The molecule has 3 aliphatic heterocycles. The fourth-order valence-electron chi connectivity index (χ4n) is 8.60. The van der Waals surface area contributed by atoms with E-state index in [1.807, 2.05) is 13.0 Å². The van der Waals surface area contributed by atoms with E-state index in [4.69, 9.17) is 24.7 Å². The molecule has 1 amide bonds. The van der Waals surface area contributed by atoms with Gasteiger partial charge in [-0.1, -0.05) is 105 Å². The van der Waals surface area contributed by atoms with Crippen LogP contribution in [0.4, 0.5) is 0 Å². The largest absolute Gasteiger partial charge is 0.462 e. The van der Waals surface area contributed by atoms with Crippen LogP contribution >= 0.6 is 0 Å². The Hall–Kier alpha value is -4.33. The highest BCUT2D eigenvalue weighted by molar-refractivity contribution is 5.80. The molecule has 72 heavy (non-hydrogen) atoms. The lowest BCUT2D eigenvalue weighted by atomic mass is 9.82. The molecule has 2 saturated heterocycles. The first-order valence-corrected chi connectivity index (χ1v) is 24.5. The number of allylic oxidation sites excluding steroid dienone is 12. The minimum Gasteiger partial charge on any atom is -0.462 e. The highest BCUT2D eigenvalue weighted by Crippen LogP contribution is 2.38. The number of esters is 1. The number of hydrogen-bond donors (Lipinski definition) is 13. The zero-order chi connectivity index (χ0) is 53.0. The van der Waals surface area contributed by atoms with E-state index in [1.165, 1.54) is 12.3 Å². The van der Waals surface area contributed by atoms with Gasteiger partial charge in [0, 0.05) is 56.5 Å². The van der Waals surface area contributed by atoms with E-state index in [0.29, 0.717) is 5.56 Å². The van der Waals surface area contributed by atoms with E-state index in [9.17, 15) is 65.8 Å². The smallest absolute Gasteiger partial charge is 0.308 e. The third-order valence-corrected chi connectivity index (χ3v) is 13.0. The van der Waals surface area contributed by atoms with Gasteiger partial charge in [-0.3, -0.25) is 14.6 Å². The van der Waals surface area contributed by atoms with Gasteiger partial charge in [-0.15, -0.1) is 0 Å². The Morgan fingerprint density at radius 1 is 0.750 bits per heavy atom. The maximum atomic E-state index is 13.9. The maximum absolute atomic E-state index is 13.9. The van der Waals surface area contributed by atoms with Crippen molar-refractivity contribution in [3.05, 3.63) is 115 Å². The Bertz CT molecular complexity index is 2000. The molecule has 0 aromatic carbocycles. The summed E-state index contributed by atoms with van der Waals surface area (Å²) >= 11 is 0. The Kier molecular flexibility index (Phi) is 25.2. The summed E-state index contributed by atoms with van der Waals surface area (Å²) in [7, 11) is 0. The molecule has 1 aromatic rings. The zero-order valence-electron chi connectivity index (χ0n) is 41.0. The van der Waals surface area contributed by atoms with Gasteiger partial charge in [-0.25, -0.2) is 0 Å². The molecule has 402 valence electrons. The molecule has 20 nitrogen and oxygen atoms in total. The number of aliphatic hydroxyl groups is 11. The van der Waals surface area contributed by atoms with Crippen LogP contribution in [0.2, 0.25) is 0 Å². The van der Waals surface area contributed by atoms with Crippen molar-refractivity contribution in [1.29, 1.82) is 0 Å². The SMILES string of the molecule is C[C@@H]1[C@H](O)[C@@H](C)/C=C/C=C/C=C/C=C/C=C/C=C/C=C/[C@H](OC2O[C@H](O)[C@@H](O)[C@H](N)[C@@H]2O)C[C@@H]2O[C@](O)(C[C@@H](O)C[C@@H](O)[C@H](O)CC[C@@H](O)C[C@@H](O)CC(=O)O[C@H]1C)C[C@H](O)[C@H]2C(=O)NCc1cccnc1. The molecule has 14 N–H and O–H groups in total. The van der Waals surface area contributed by atoms with Gasteiger partial charge in [0.05, 0.1) is 73.3 Å². The highest BCUT2D eigenvalue weighted by atomic mass is 16.7.